The molecule has 2 rings (SSSR count). The first-order valence-electron chi connectivity index (χ1n) is 7.96. The number of nitrogens with one attached hydrogen (secondary N) is 1. The molecule has 0 aliphatic heterocycles. The molecule has 0 unspecified atom stereocenters. The van der Waals surface area contributed by atoms with Gasteiger partial charge in [-0.3, -0.25) is 0 Å². The molecule has 0 atom stereocenters. The van der Waals surface area contributed by atoms with Gasteiger partial charge in [-0.2, -0.15) is 0 Å². The highest BCUT2D eigenvalue weighted by Gasteiger charge is 2.12. The maximum absolute atomic E-state index is 12.0. The molecule has 2 aromatic rings. The number of nitrogens with two attached hydrogens (primary N) is 1. The lowest BCUT2D eigenvalue weighted by molar-refractivity contribution is 0.0499. The van der Waals surface area contributed by atoms with Crippen molar-refractivity contribution < 1.29 is 14.3 Å². The topological polar surface area (TPSA) is 81.4 Å². The SMILES string of the molecule is CCCCOC(=O)c1ccc(-c2c(C)cccc2NC(N)=O)cc1. The number of anilines is 1. The first-order valence-corrected chi connectivity index (χ1v) is 7.96. The number of hydrogen-bond donors (Lipinski definition) is 2. The molecular formula is C19H22N2O3. The summed E-state index contributed by atoms with van der Waals surface area (Å²) in [5, 5.41) is 2.63. The third kappa shape index (κ3) is 4.35. The second kappa shape index (κ2) is 8.15. The number of benzene rings is 2. The molecule has 0 aliphatic rings. The minimum Gasteiger partial charge on any atom is -0.462 e. The van der Waals surface area contributed by atoms with E-state index in [9.17, 15) is 9.59 Å². The van der Waals surface area contributed by atoms with Crippen LogP contribution in [0.15, 0.2) is 42.5 Å². The van der Waals surface area contributed by atoms with Gasteiger partial charge in [0.15, 0.2) is 0 Å². The van der Waals surface area contributed by atoms with Crippen LogP contribution in [0.4, 0.5) is 10.5 Å². The summed E-state index contributed by atoms with van der Waals surface area (Å²) >= 11 is 0. The van der Waals surface area contributed by atoms with Crippen LogP contribution in [0.5, 0.6) is 0 Å². The van der Waals surface area contributed by atoms with Gasteiger partial charge in [0.1, 0.15) is 0 Å². The van der Waals surface area contributed by atoms with Crippen LogP contribution in [0.3, 0.4) is 0 Å². The molecule has 0 aliphatic carbocycles. The van der Waals surface area contributed by atoms with Gasteiger partial charge in [-0.15, -0.1) is 0 Å². The van der Waals surface area contributed by atoms with Crippen molar-refractivity contribution in [3.8, 4) is 11.1 Å². The quantitative estimate of drug-likeness (QED) is 0.619. The Kier molecular flexibility index (Phi) is 5.95. The maximum Gasteiger partial charge on any atom is 0.338 e. The Bertz CT molecular complexity index is 724. The fourth-order valence-electron chi connectivity index (χ4n) is 2.45. The largest absolute Gasteiger partial charge is 0.462 e. The Hall–Kier alpha value is -2.82. The number of hydrogen-bond acceptors (Lipinski definition) is 3. The highest BCUT2D eigenvalue weighted by Crippen LogP contribution is 2.31. The van der Waals surface area contributed by atoms with Gasteiger partial charge in [0.2, 0.25) is 0 Å². The third-order valence-electron chi connectivity index (χ3n) is 3.67. The monoisotopic (exact) mass is 326 g/mol. The normalized spacial score (nSPS) is 10.2. The first kappa shape index (κ1) is 17.5. The van der Waals surface area contributed by atoms with Crippen LogP contribution >= 0.6 is 0 Å². The Morgan fingerprint density at radius 3 is 2.46 bits per heavy atom. The molecule has 126 valence electrons. The number of primary amides is 1. The van der Waals surface area contributed by atoms with Crippen LogP contribution in [0.1, 0.15) is 35.7 Å². The molecule has 0 heterocycles. The van der Waals surface area contributed by atoms with E-state index in [1.807, 2.05) is 38.1 Å². The molecule has 0 saturated heterocycles. The predicted octanol–water partition coefficient (Wildman–Crippen LogP) is 4.11. The van der Waals surface area contributed by atoms with Gasteiger partial charge in [0.25, 0.3) is 0 Å². The third-order valence-corrected chi connectivity index (χ3v) is 3.67. The van der Waals surface area contributed by atoms with Crippen molar-refractivity contribution in [3.63, 3.8) is 0 Å². The fourth-order valence-corrected chi connectivity index (χ4v) is 2.45. The molecule has 5 nitrogen and oxygen atoms in total. The number of urea groups is 1. The summed E-state index contributed by atoms with van der Waals surface area (Å²) in [4.78, 5) is 23.1. The van der Waals surface area contributed by atoms with Gasteiger partial charge < -0.3 is 15.8 Å². The van der Waals surface area contributed by atoms with E-state index in [0.717, 1.165) is 29.5 Å². The molecule has 2 amide bonds. The molecule has 0 spiro atoms. The fraction of sp³-hybridized carbons (Fsp3) is 0.263. The number of aryl methyl sites for hydroxylation is 1. The number of carbonyl (C=O) groups excluding carboxylic acids is 2. The summed E-state index contributed by atoms with van der Waals surface area (Å²) in [6.07, 6.45) is 1.84. The van der Waals surface area contributed by atoms with Gasteiger partial charge in [0, 0.05) is 5.56 Å². The molecule has 5 heteroatoms. The van der Waals surface area contributed by atoms with Crippen LogP contribution in [0.2, 0.25) is 0 Å². The number of rotatable bonds is 6. The summed E-state index contributed by atoms with van der Waals surface area (Å²) in [7, 11) is 0. The smallest absolute Gasteiger partial charge is 0.338 e. The maximum atomic E-state index is 12.0. The van der Waals surface area contributed by atoms with Crippen molar-refractivity contribution in [1.82, 2.24) is 0 Å². The second-order valence-corrected chi connectivity index (χ2v) is 5.55. The number of ether oxygens (including phenoxy) is 1. The van der Waals surface area contributed by atoms with E-state index in [2.05, 4.69) is 5.32 Å². The average molecular weight is 326 g/mol. The van der Waals surface area contributed by atoms with Gasteiger partial charge in [-0.1, -0.05) is 37.6 Å². The number of unbranched alkanes of at least 4 members (excludes halogenated alkanes) is 1. The molecule has 0 fully saturated rings. The Morgan fingerprint density at radius 1 is 1.12 bits per heavy atom. The van der Waals surface area contributed by atoms with Crippen molar-refractivity contribution in [1.29, 1.82) is 0 Å². The number of carbonyl (C=O) groups is 2. The van der Waals surface area contributed by atoms with Gasteiger partial charge in [-0.05, 0) is 42.7 Å². The van der Waals surface area contributed by atoms with Crippen molar-refractivity contribution in [2.75, 3.05) is 11.9 Å². The van der Waals surface area contributed by atoms with Crippen LogP contribution in [0.25, 0.3) is 11.1 Å². The minimum atomic E-state index is -0.613. The van der Waals surface area contributed by atoms with Gasteiger partial charge in [0.05, 0.1) is 17.9 Å². The van der Waals surface area contributed by atoms with Gasteiger partial charge in [-0.25, -0.2) is 9.59 Å². The number of esters is 1. The highest BCUT2D eigenvalue weighted by atomic mass is 16.5. The second-order valence-electron chi connectivity index (χ2n) is 5.55. The zero-order chi connectivity index (χ0) is 17.5. The summed E-state index contributed by atoms with van der Waals surface area (Å²) in [6.45, 7) is 4.43. The molecule has 3 N–H and O–H groups in total. The lowest BCUT2D eigenvalue weighted by Gasteiger charge is -2.13. The van der Waals surface area contributed by atoms with Crippen molar-refractivity contribution in [2.45, 2.75) is 26.7 Å². The lowest BCUT2D eigenvalue weighted by Crippen LogP contribution is -2.19. The molecule has 0 bridgehead atoms. The van der Waals surface area contributed by atoms with E-state index in [-0.39, 0.29) is 5.97 Å². The van der Waals surface area contributed by atoms with E-state index in [1.165, 1.54) is 0 Å². The van der Waals surface area contributed by atoms with Crippen LogP contribution in [-0.4, -0.2) is 18.6 Å². The first-order chi connectivity index (χ1) is 11.5. The Labute approximate surface area is 141 Å². The van der Waals surface area contributed by atoms with Crippen LogP contribution < -0.4 is 11.1 Å². The molecule has 0 aromatic heterocycles. The molecule has 0 saturated carbocycles. The summed E-state index contributed by atoms with van der Waals surface area (Å²) in [6, 6.07) is 12.1. The van der Waals surface area contributed by atoms with E-state index in [0.29, 0.717) is 17.9 Å². The molecular weight excluding hydrogens is 304 g/mol. The molecule has 2 aromatic carbocycles. The summed E-state index contributed by atoms with van der Waals surface area (Å²) < 4.78 is 5.20. The summed E-state index contributed by atoms with van der Waals surface area (Å²) in [5.74, 6) is -0.324. The lowest BCUT2D eigenvalue weighted by atomic mass is 9.97. The van der Waals surface area contributed by atoms with Crippen LogP contribution in [-0.2, 0) is 4.74 Å². The van der Waals surface area contributed by atoms with E-state index in [4.69, 9.17) is 10.5 Å². The average Bonchev–Trinajstić information content (AvgIpc) is 2.55. The van der Waals surface area contributed by atoms with E-state index >= 15 is 0 Å². The number of amides is 2. The Morgan fingerprint density at radius 2 is 1.83 bits per heavy atom. The predicted molar refractivity (Wildman–Crippen MR) is 95.0 cm³/mol. The van der Waals surface area contributed by atoms with Crippen molar-refractivity contribution in [3.05, 3.63) is 53.6 Å². The van der Waals surface area contributed by atoms with Crippen LogP contribution in [0, 0.1) is 6.92 Å². The van der Waals surface area contributed by atoms with E-state index in [1.54, 1.807) is 18.2 Å². The van der Waals surface area contributed by atoms with Crippen molar-refractivity contribution >= 4 is 17.7 Å². The zero-order valence-electron chi connectivity index (χ0n) is 14.0. The standard InChI is InChI=1S/C19H22N2O3/c1-3-4-12-24-18(22)15-10-8-14(9-11-15)17-13(2)6-5-7-16(17)21-19(20)23/h5-11H,3-4,12H2,1-2H3,(H3,20,21,23). The Balaban J connectivity index is 2.25. The highest BCUT2D eigenvalue weighted by molar-refractivity contribution is 5.95. The summed E-state index contributed by atoms with van der Waals surface area (Å²) in [5.41, 5.74) is 9.15. The van der Waals surface area contributed by atoms with E-state index < -0.39 is 6.03 Å². The molecule has 0 radical (unpaired) electrons. The molecule has 24 heavy (non-hydrogen) atoms. The minimum absolute atomic E-state index is 0.324. The zero-order valence-corrected chi connectivity index (χ0v) is 14.0. The van der Waals surface area contributed by atoms with Crippen molar-refractivity contribution in [2.24, 2.45) is 5.73 Å². The van der Waals surface area contributed by atoms with Gasteiger partial charge >= 0.3 is 12.0 Å².